The first-order chi connectivity index (χ1) is 8.54. The summed E-state index contributed by atoms with van der Waals surface area (Å²) in [7, 11) is -0.556. The summed E-state index contributed by atoms with van der Waals surface area (Å²) in [6.45, 7) is 2.12. The highest BCUT2D eigenvalue weighted by Crippen LogP contribution is 2.47. The molecule has 0 radical (unpaired) electrons. The zero-order chi connectivity index (χ0) is 13.6. The normalized spacial score (nSPS) is 20.8. The van der Waals surface area contributed by atoms with E-state index in [1.54, 1.807) is 0 Å². The van der Waals surface area contributed by atoms with Crippen LogP contribution in [-0.2, 0) is 18.4 Å². The second-order valence-electron chi connectivity index (χ2n) is 4.65. The van der Waals surface area contributed by atoms with E-state index in [4.69, 9.17) is 9.05 Å². The van der Waals surface area contributed by atoms with Gasteiger partial charge in [-0.1, -0.05) is 18.6 Å². The van der Waals surface area contributed by atoms with Crippen LogP contribution in [0.15, 0.2) is 11.6 Å². The van der Waals surface area contributed by atoms with Crippen molar-refractivity contribution in [3.63, 3.8) is 0 Å². The standard InChI is InChI=1S/C13H23O4P/c1-4-5-11-6-8-12(9-7-11)13(14)10-18(15,16-2)17-3/h5,12H,4,6-10H2,1-3H3. The fourth-order valence-electron chi connectivity index (χ4n) is 2.33. The van der Waals surface area contributed by atoms with E-state index in [1.807, 2.05) is 0 Å². The van der Waals surface area contributed by atoms with E-state index >= 15 is 0 Å². The Balaban J connectivity index is 2.50. The molecule has 0 aliphatic heterocycles. The van der Waals surface area contributed by atoms with E-state index in [-0.39, 0.29) is 17.9 Å². The molecule has 1 rings (SSSR count). The molecule has 0 spiro atoms. The Morgan fingerprint density at radius 3 is 2.33 bits per heavy atom. The van der Waals surface area contributed by atoms with Crippen LogP contribution < -0.4 is 0 Å². The molecule has 5 heteroatoms. The summed E-state index contributed by atoms with van der Waals surface area (Å²) in [5, 5.41) is 0. The van der Waals surface area contributed by atoms with Gasteiger partial charge in [0.15, 0.2) is 0 Å². The molecule has 0 aromatic carbocycles. The highest BCUT2D eigenvalue weighted by atomic mass is 31.2. The molecular formula is C13H23O4P. The molecule has 0 heterocycles. The van der Waals surface area contributed by atoms with Crippen LogP contribution in [0.2, 0.25) is 0 Å². The van der Waals surface area contributed by atoms with Crippen molar-refractivity contribution in [2.24, 2.45) is 5.92 Å². The van der Waals surface area contributed by atoms with Gasteiger partial charge in [0.25, 0.3) is 0 Å². The van der Waals surface area contributed by atoms with Crippen LogP contribution in [0.3, 0.4) is 0 Å². The van der Waals surface area contributed by atoms with Gasteiger partial charge in [0.2, 0.25) is 0 Å². The monoisotopic (exact) mass is 274 g/mol. The van der Waals surface area contributed by atoms with Gasteiger partial charge in [-0.05, 0) is 32.1 Å². The predicted molar refractivity (Wildman–Crippen MR) is 71.8 cm³/mol. The van der Waals surface area contributed by atoms with Crippen molar-refractivity contribution < 1.29 is 18.4 Å². The molecule has 0 aromatic heterocycles. The number of ketones is 1. The van der Waals surface area contributed by atoms with E-state index < -0.39 is 7.60 Å². The first kappa shape index (κ1) is 15.6. The molecule has 18 heavy (non-hydrogen) atoms. The van der Waals surface area contributed by atoms with Crippen molar-refractivity contribution >= 4 is 13.4 Å². The van der Waals surface area contributed by atoms with Gasteiger partial charge in [0.1, 0.15) is 11.9 Å². The third kappa shape index (κ3) is 4.34. The fourth-order valence-corrected chi connectivity index (χ4v) is 3.37. The molecule has 1 saturated carbocycles. The Kier molecular flexibility index (Phi) is 6.27. The van der Waals surface area contributed by atoms with Crippen LogP contribution in [0.4, 0.5) is 0 Å². The first-order valence-corrected chi connectivity index (χ1v) is 8.18. The van der Waals surface area contributed by atoms with E-state index in [9.17, 15) is 9.36 Å². The molecule has 0 bridgehead atoms. The minimum Gasteiger partial charge on any atom is -0.312 e. The smallest absolute Gasteiger partial charge is 0.312 e. The summed E-state index contributed by atoms with van der Waals surface area (Å²) < 4.78 is 21.5. The first-order valence-electron chi connectivity index (χ1n) is 6.45. The maximum absolute atomic E-state index is 12.0. The molecule has 1 fully saturated rings. The quantitative estimate of drug-likeness (QED) is 0.549. The maximum Gasteiger partial charge on any atom is 0.337 e. The largest absolute Gasteiger partial charge is 0.337 e. The summed E-state index contributed by atoms with van der Waals surface area (Å²) in [4.78, 5) is 12.0. The van der Waals surface area contributed by atoms with Gasteiger partial charge in [-0.2, -0.15) is 0 Å². The lowest BCUT2D eigenvalue weighted by Crippen LogP contribution is -2.22. The highest BCUT2D eigenvalue weighted by molar-refractivity contribution is 7.54. The van der Waals surface area contributed by atoms with Crippen molar-refractivity contribution in [3.05, 3.63) is 11.6 Å². The van der Waals surface area contributed by atoms with Crippen LogP contribution in [-0.4, -0.2) is 26.2 Å². The zero-order valence-corrected chi connectivity index (χ0v) is 12.4. The van der Waals surface area contributed by atoms with E-state index in [0.29, 0.717) is 0 Å². The van der Waals surface area contributed by atoms with Gasteiger partial charge in [0, 0.05) is 20.1 Å². The van der Waals surface area contributed by atoms with Crippen LogP contribution in [0.25, 0.3) is 0 Å². The van der Waals surface area contributed by atoms with E-state index in [1.165, 1.54) is 19.8 Å². The van der Waals surface area contributed by atoms with Gasteiger partial charge in [-0.25, -0.2) is 0 Å². The molecule has 0 saturated heterocycles. The van der Waals surface area contributed by atoms with Crippen molar-refractivity contribution in [1.82, 2.24) is 0 Å². The molecule has 104 valence electrons. The van der Waals surface area contributed by atoms with Crippen molar-refractivity contribution in [1.29, 1.82) is 0 Å². The zero-order valence-electron chi connectivity index (χ0n) is 11.5. The summed E-state index contributed by atoms with van der Waals surface area (Å²) in [6, 6.07) is 0. The molecular weight excluding hydrogens is 251 g/mol. The van der Waals surface area contributed by atoms with Gasteiger partial charge in [0.05, 0.1) is 0 Å². The topological polar surface area (TPSA) is 52.6 Å². The molecule has 0 amide bonds. The van der Waals surface area contributed by atoms with E-state index in [2.05, 4.69) is 13.0 Å². The van der Waals surface area contributed by atoms with Gasteiger partial charge in [-0.15, -0.1) is 0 Å². The highest BCUT2D eigenvalue weighted by Gasteiger charge is 2.31. The van der Waals surface area contributed by atoms with Gasteiger partial charge < -0.3 is 9.05 Å². The minimum atomic E-state index is -3.20. The Bertz CT molecular complexity index is 344. The SMILES string of the molecule is CCC=C1CCC(C(=O)CP(=O)(OC)OC)CC1. The summed E-state index contributed by atoms with van der Waals surface area (Å²) in [6.07, 6.45) is 6.88. The van der Waals surface area contributed by atoms with Crippen LogP contribution in [0, 0.1) is 5.92 Å². The summed E-state index contributed by atoms with van der Waals surface area (Å²) in [5.41, 5.74) is 1.45. The minimum absolute atomic E-state index is 0.0116. The number of allylic oxidation sites excluding steroid dienone is 2. The number of Topliss-reactive ketones (excluding diaryl/α,β-unsaturated/α-hetero) is 1. The average Bonchev–Trinajstić information content (AvgIpc) is 2.39. The van der Waals surface area contributed by atoms with E-state index in [0.717, 1.165) is 32.1 Å². The molecule has 4 nitrogen and oxygen atoms in total. The second-order valence-corrected chi connectivity index (χ2v) is 6.91. The number of carbonyl (C=O) groups excluding carboxylic acids is 1. The molecule has 0 atom stereocenters. The maximum atomic E-state index is 12.0. The third-order valence-electron chi connectivity index (χ3n) is 3.48. The lowest BCUT2D eigenvalue weighted by atomic mass is 9.83. The Morgan fingerprint density at radius 1 is 1.33 bits per heavy atom. The van der Waals surface area contributed by atoms with Crippen molar-refractivity contribution in [3.8, 4) is 0 Å². The second kappa shape index (κ2) is 7.22. The Hall–Kier alpha value is -0.440. The van der Waals surface area contributed by atoms with Crippen LogP contribution in [0.5, 0.6) is 0 Å². The summed E-state index contributed by atoms with van der Waals surface area (Å²) >= 11 is 0. The van der Waals surface area contributed by atoms with Crippen molar-refractivity contribution in [2.75, 3.05) is 20.4 Å². The number of hydrogen-bond acceptors (Lipinski definition) is 4. The van der Waals surface area contributed by atoms with Crippen molar-refractivity contribution in [2.45, 2.75) is 39.0 Å². The molecule has 0 N–H and O–H groups in total. The summed E-state index contributed by atoms with van der Waals surface area (Å²) in [5.74, 6) is 0.0233. The number of rotatable bonds is 6. The third-order valence-corrected chi connectivity index (χ3v) is 5.29. The van der Waals surface area contributed by atoms with Crippen LogP contribution >= 0.6 is 7.60 Å². The molecule has 1 aliphatic carbocycles. The molecule has 0 unspecified atom stereocenters. The van der Waals surface area contributed by atoms with Crippen LogP contribution in [0.1, 0.15) is 39.0 Å². The molecule has 1 aliphatic rings. The lowest BCUT2D eigenvalue weighted by Gasteiger charge is -2.24. The number of hydrogen-bond donors (Lipinski definition) is 0. The molecule has 0 aromatic rings. The fraction of sp³-hybridized carbons (Fsp3) is 0.769. The Morgan fingerprint density at radius 2 is 1.89 bits per heavy atom. The van der Waals surface area contributed by atoms with Gasteiger partial charge in [-0.3, -0.25) is 9.36 Å². The predicted octanol–water partition coefficient (Wildman–Crippen LogP) is 3.57. The lowest BCUT2D eigenvalue weighted by molar-refractivity contribution is -0.121. The number of carbonyl (C=O) groups is 1. The van der Waals surface area contributed by atoms with Gasteiger partial charge >= 0.3 is 7.60 Å². The average molecular weight is 274 g/mol. The Labute approximate surface area is 109 Å².